The molecule has 0 saturated heterocycles. The molecule has 3 rings (SSSR count). The summed E-state index contributed by atoms with van der Waals surface area (Å²) in [5.41, 5.74) is 2.78. The number of hydrogen-bond acceptors (Lipinski definition) is 4. The lowest BCUT2D eigenvalue weighted by molar-refractivity contribution is 0.101. The van der Waals surface area contributed by atoms with E-state index in [1.54, 1.807) is 30.3 Å². The lowest BCUT2D eigenvalue weighted by atomic mass is 10.2. The summed E-state index contributed by atoms with van der Waals surface area (Å²) in [5, 5.41) is 0.449. The van der Waals surface area contributed by atoms with Crippen molar-refractivity contribution in [2.75, 3.05) is 5.43 Å². The zero-order valence-electron chi connectivity index (χ0n) is 10.7. The fourth-order valence-corrected chi connectivity index (χ4v) is 4.04. The molecule has 9 heteroatoms. The fourth-order valence-electron chi connectivity index (χ4n) is 1.88. The van der Waals surface area contributed by atoms with Crippen LogP contribution in [0.5, 0.6) is 0 Å². The monoisotopic (exact) mass is 459 g/mol. The maximum Gasteiger partial charge on any atom is 0.281 e. The molecule has 0 radical (unpaired) electrons. The van der Waals surface area contributed by atoms with Crippen LogP contribution in [0.2, 0.25) is 0 Å². The van der Waals surface area contributed by atoms with Gasteiger partial charge in [-0.05, 0) is 62.3 Å². The normalized spacial score (nSPS) is 10.8. The van der Waals surface area contributed by atoms with Crippen LogP contribution in [0.3, 0.4) is 0 Å². The molecular weight excluding hydrogens is 454 g/mol. The van der Waals surface area contributed by atoms with Crippen LogP contribution in [0.15, 0.2) is 43.4 Å². The van der Waals surface area contributed by atoms with Crippen LogP contribution in [-0.2, 0) is 0 Å². The highest BCUT2D eigenvalue weighted by atomic mass is 79.9. The number of carbonyl (C=O) groups is 1. The van der Waals surface area contributed by atoms with Gasteiger partial charge in [-0.1, -0.05) is 12.1 Å². The molecule has 0 spiro atoms. The molecule has 2 N–H and O–H groups in total. The smallest absolute Gasteiger partial charge is 0.281 e. The number of amides is 1. The third-order valence-electron chi connectivity index (χ3n) is 2.89. The van der Waals surface area contributed by atoms with Crippen LogP contribution in [0.25, 0.3) is 10.9 Å². The van der Waals surface area contributed by atoms with Gasteiger partial charge in [0, 0.05) is 4.47 Å². The van der Waals surface area contributed by atoms with Crippen molar-refractivity contribution in [1.29, 1.82) is 0 Å². The number of nitrogens with zero attached hydrogens (tertiary/aromatic N) is 1. The number of halogens is 2. The molecule has 2 heterocycles. The third-order valence-corrected chi connectivity index (χ3v) is 6.43. The number of nitrogens with one attached hydrogen (secondary N) is 2. The number of rotatable bonds is 2. The predicted octanol–water partition coefficient (Wildman–Crippen LogP) is 4.03. The highest BCUT2D eigenvalue weighted by Crippen LogP contribution is 2.32. The van der Waals surface area contributed by atoms with Crippen LogP contribution in [0, 0.1) is 4.77 Å². The first-order chi connectivity index (χ1) is 10.5. The Morgan fingerprint density at radius 3 is 2.73 bits per heavy atom. The van der Waals surface area contributed by atoms with E-state index in [2.05, 4.69) is 42.3 Å². The molecule has 0 aliphatic rings. The molecule has 1 amide bonds. The zero-order chi connectivity index (χ0) is 15.9. The van der Waals surface area contributed by atoms with E-state index in [0.29, 0.717) is 15.8 Å². The minimum Gasteiger partial charge on any atom is -0.330 e. The standard InChI is InChI=1S/C13H7Br2N3O2S2/c14-7-5-9(22-10(7)15)11(19)17-18-12(20)6-3-1-2-4-8(6)16-13(18)21/h1-5H,(H,16,21)(H,17,19). The second-order valence-electron chi connectivity index (χ2n) is 4.29. The quantitative estimate of drug-likeness (QED) is 0.567. The van der Waals surface area contributed by atoms with Crippen LogP contribution < -0.4 is 11.0 Å². The van der Waals surface area contributed by atoms with Gasteiger partial charge in [0.1, 0.15) is 0 Å². The summed E-state index contributed by atoms with van der Waals surface area (Å²) in [5.74, 6) is -0.409. The molecule has 0 saturated carbocycles. The van der Waals surface area contributed by atoms with Crippen molar-refractivity contribution in [2.45, 2.75) is 0 Å². The number of benzene rings is 1. The Hall–Kier alpha value is -1.29. The van der Waals surface area contributed by atoms with Gasteiger partial charge in [0.25, 0.3) is 11.5 Å². The molecule has 1 aromatic carbocycles. The molecule has 22 heavy (non-hydrogen) atoms. The summed E-state index contributed by atoms with van der Waals surface area (Å²) in [6.45, 7) is 0. The van der Waals surface area contributed by atoms with Gasteiger partial charge in [0.2, 0.25) is 0 Å². The summed E-state index contributed by atoms with van der Waals surface area (Å²) in [6.07, 6.45) is 0. The van der Waals surface area contributed by atoms with E-state index in [4.69, 9.17) is 12.2 Å². The fraction of sp³-hybridized carbons (Fsp3) is 0. The van der Waals surface area contributed by atoms with Crippen molar-refractivity contribution in [2.24, 2.45) is 0 Å². The van der Waals surface area contributed by atoms with Crippen LogP contribution in [0.1, 0.15) is 9.67 Å². The molecule has 0 atom stereocenters. The minimum absolute atomic E-state index is 0.131. The number of hydrogen-bond donors (Lipinski definition) is 2. The SMILES string of the molecule is O=C(Nn1c(=S)[nH]c2ccccc2c1=O)c1cc(Br)c(Br)s1. The Bertz CT molecular complexity index is 987. The number of para-hydroxylation sites is 1. The van der Waals surface area contributed by atoms with Crippen molar-refractivity contribution in [3.8, 4) is 0 Å². The Labute approximate surface area is 150 Å². The molecule has 0 fully saturated rings. The molecule has 0 unspecified atom stereocenters. The van der Waals surface area contributed by atoms with E-state index in [9.17, 15) is 9.59 Å². The van der Waals surface area contributed by atoms with Crippen molar-refractivity contribution < 1.29 is 4.79 Å². The van der Waals surface area contributed by atoms with Gasteiger partial charge in [-0.25, -0.2) is 0 Å². The minimum atomic E-state index is -0.409. The number of aromatic nitrogens is 2. The van der Waals surface area contributed by atoms with Crippen molar-refractivity contribution in [1.82, 2.24) is 9.66 Å². The van der Waals surface area contributed by atoms with Gasteiger partial charge in [0.15, 0.2) is 4.77 Å². The first kappa shape index (κ1) is 15.6. The summed E-state index contributed by atoms with van der Waals surface area (Å²) in [7, 11) is 0. The highest BCUT2D eigenvalue weighted by Gasteiger charge is 2.14. The van der Waals surface area contributed by atoms with Gasteiger partial charge >= 0.3 is 0 Å². The van der Waals surface area contributed by atoms with E-state index < -0.39 is 5.91 Å². The summed E-state index contributed by atoms with van der Waals surface area (Å²) >= 11 is 13.0. The van der Waals surface area contributed by atoms with E-state index >= 15 is 0 Å². The topological polar surface area (TPSA) is 66.9 Å². The first-order valence-corrected chi connectivity index (χ1v) is 8.78. The lowest BCUT2D eigenvalue weighted by Crippen LogP contribution is -2.34. The number of fused-ring (bicyclic) bond motifs is 1. The molecule has 0 aliphatic heterocycles. The van der Waals surface area contributed by atoms with E-state index in [-0.39, 0.29) is 10.3 Å². The largest absolute Gasteiger partial charge is 0.330 e. The van der Waals surface area contributed by atoms with Crippen LogP contribution in [0.4, 0.5) is 0 Å². The molecule has 2 aromatic heterocycles. The molecule has 0 aliphatic carbocycles. The predicted molar refractivity (Wildman–Crippen MR) is 96.8 cm³/mol. The molecule has 112 valence electrons. The maximum atomic E-state index is 12.4. The Morgan fingerprint density at radius 2 is 2.05 bits per heavy atom. The second-order valence-corrected chi connectivity index (χ2v) is 7.90. The number of H-pyrrole nitrogens is 1. The van der Waals surface area contributed by atoms with Crippen LogP contribution >= 0.6 is 55.4 Å². The molecule has 5 nitrogen and oxygen atoms in total. The van der Waals surface area contributed by atoms with Gasteiger partial charge in [0.05, 0.1) is 19.6 Å². The number of thiophene rings is 1. The van der Waals surface area contributed by atoms with E-state index in [1.165, 1.54) is 11.3 Å². The molecule has 0 bridgehead atoms. The third kappa shape index (κ3) is 2.81. The summed E-state index contributed by atoms with van der Waals surface area (Å²) < 4.78 is 2.75. The van der Waals surface area contributed by atoms with Gasteiger partial charge in [-0.3, -0.25) is 15.0 Å². The van der Waals surface area contributed by atoms with E-state index in [1.807, 2.05) is 0 Å². The number of aromatic amines is 1. The Balaban J connectivity index is 2.06. The highest BCUT2D eigenvalue weighted by molar-refractivity contribution is 9.13. The van der Waals surface area contributed by atoms with Gasteiger partial charge in [-0.2, -0.15) is 4.68 Å². The first-order valence-electron chi connectivity index (χ1n) is 5.97. The van der Waals surface area contributed by atoms with E-state index in [0.717, 1.165) is 12.9 Å². The average molecular weight is 461 g/mol. The molecular formula is C13H7Br2N3O2S2. The van der Waals surface area contributed by atoms with Crippen LogP contribution in [-0.4, -0.2) is 15.6 Å². The van der Waals surface area contributed by atoms with Gasteiger partial charge in [-0.15, -0.1) is 11.3 Å². The number of carbonyl (C=O) groups excluding carboxylic acids is 1. The average Bonchev–Trinajstić information content (AvgIpc) is 2.83. The van der Waals surface area contributed by atoms with Crippen molar-refractivity contribution in [3.05, 3.63) is 58.6 Å². The Kier molecular flexibility index (Phi) is 4.31. The molecule has 3 aromatic rings. The van der Waals surface area contributed by atoms with Crippen molar-refractivity contribution in [3.63, 3.8) is 0 Å². The zero-order valence-corrected chi connectivity index (χ0v) is 15.5. The second kappa shape index (κ2) is 6.07. The maximum absolute atomic E-state index is 12.4. The summed E-state index contributed by atoms with van der Waals surface area (Å²) in [4.78, 5) is 28.1. The Morgan fingerprint density at radius 1 is 1.32 bits per heavy atom. The summed E-state index contributed by atoms with van der Waals surface area (Å²) in [6, 6.07) is 8.65. The van der Waals surface area contributed by atoms with Crippen molar-refractivity contribution >= 4 is 72.2 Å². The van der Waals surface area contributed by atoms with Gasteiger partial charge < -0.3 is 4.98 Å². The lowest BCUT2D eigenvalue weighted by Gasteiger charge is -2.08.